The van der Waals surface area contributed by atoms with Gasteiger partial charge < -0.3 is 0 Å². The summed E-state index contributed by atoms with van der Waals surface area (Å²) in [6.07, 6.45) is 12.0. The monoisotopic (exact) mass is 386 g/mol. The van der Waals surface area contributed by atoms with Crippen LogP contribution < -0.4 is 0 Å². The van der Waals surface area contributed by atoms with Crippen LogP contribution in [-0.4, -0.2) is 0 Å². The fraction of sp³-hybridized carbons (Fsp3) is 0.200. The fourth-order valence-electron chi connectivity index (χ4n) is 5.53. The van der Waals surface area contributed by atoms with E-state index in [9.17, 15) is 0 Å². The first kappa shape index (κ1) is 17.7. The van der Waals surface area contributed by atoms with E-state index in [-0.39, 0.29) is 0 Å². The maximum atomic E-state index is 2.49. The SMILES string of the molecule is CCCCC1=CC(c2cccc3c4c(c5ccccc5c23)Cc2ccccc2-4)C=C1. The summed E-state index contributed by atoms with van der Waals surface area (Å²) in [6, 6.07) is 24.9. The van der Waals surface area contributed by atoms with E-state index in [2.05, 4.69) is 91.9 Å². The summed E-state index contributed by atoms with van der Waals surface area (Å²) in [5.74, 6) is 0.374. The van der Waals surface area contributed by atoms with Crippen LogP contribution >= 0.6 is 0 Å². The molecule has 0 bridgehead atoms. The Morgan fingerprint density at radius 2 is 1.63 bits per heavy atom. The van der Waals surface area contributed by atoms with Gasteiger partial charge in [-0.15, -0.1) is 0 Å². The topological polar surface area (TPSA) is 0 Å². The van der Waals surface area contributed by atoms with Gasteiger partial charge in [-0.05, 0) is 68.6 Å². The number of unbranched alkanes of at least 4 members (excludes halogenated alkanes) is 1. The zero-order chi connectivity index (χ0) is 20.1. The number of allylic oxidation sites excluding steroid dienone is 4. The molecule has 30 heavy (non-hydrogen) atoms. The first-order valence-corrected chi connectivity index (χ1v) is 11.3. The second-order valence-corrected chi connectivity index (χ2v) is 8.73. The van der Waals surface area contributed by atoms with Crippen LogP contribution in [0.5, 0.6) is 0 Å². The molecule has 1 atom stereocenters. The van der Waals surface area contributed by atoms with E-state index >= 15 is 0 Å². The Hall–Kier alpha value is -3.12. The van der Waals surface area contributed by atoms with E-state index in [1.165, 1.54) is 74.2 Å². The summed E-state index contributed by atoms with van der Waals surface area (Å²) in [5.41, 5.74) is 8.77. The standard InChI is InChI=1S/C30H26/c1-2-3-9-20-16-17-22(18-20)24-14-8-15-27-29(24)26-13-7-6-12-25(26)28-19-21-10-4-5-11-23(21)30(27)28/h4-8,10-18,22H,2-3,9,19H2,1H3. The predicted molar refractivity (Wildman–Crippen MR) is 129 cm³/mol. The molecule has 4 aromatic rings. The fourth-order valence-corrected chi connectivity index (χ4v) is 5.53. The summed E-state index contributed by atoms with van der Waals surface area (Å²) in [6.45, 7) is 2.27. The molecule has 0 saturated heterocycles. The van der Waals surface area contributed by atoms with Gasteiger partial charge in [0, 0.05) is 5.92 Å². The highest BCUT2D eigenvalue weighted by Gasteiger charge is 2.25. The van der Waals surface area contributed by atoms with Crippen LogP contribution in [0.3, 0.4) is 0 Å². The van der Waals surface area contributed by atoms with Crippen LogP contribution in [-0.2, 0) is 6.42 Å². The Bertz CT molecular complexity index is 1350. The average Bonchev–Trinajstić information content (AvgIpc) is 3.42. The molecule has 0 saturated carbocycles. The van der Waals surface area contributed by atoms with Crippen molar-refractivity contribution < 1.29 is 0 Å². The molecule has 146 valence electrons. The highest BCUT2D eigenvalue weighted by atomic mass is 14.3. The average molecular weight is 387 g/mol. The van der Waals surface area contributed by atoms with Gasteiger partial charge in [-0.2, -0.15) is 0 Å². The van der Waals surface area contributed by atoms with Crippen molar-refractivity contribution in [1.82, 2.24) is 0 Å². The van der Waals surface area contributed by atoms with Crippen molar-refractivity contribution in [3.63, 3.8) is 0 Å². The van der Waals surface area contributed by atoms with Gasteiger partial charge in [-0.25, -0.2) is 0 Å². The Balaban J connectivity index is 1.65. The van der Waals surface area contributed by atoms with Crippen LogP contribution in [0.1, 0.15) is 48.8 Å². The van der Waals surface area contributed by atoms with E-state index < -0.39 is 0 Å². The van der Waals surface area contributed by atoms with Gasteiger partial charge in [0.25, 0.3) is 0 Å². The number of hydrogen-bond acceptors (Lipinski definition) is 0. The van der Waals surface area contributed by atoms with Crippen molar-refractivity contribution in [3.05, 3.63) is 107 Å². The third-order valence-corrected chi connectivity index (χ3v) is 6.93. The molecule has 4 aromatic carbocycles. The molecule has 6 rings (SSSR count). The van der Waals surface area contributed by atoms with Gasteiger partial charge in [0.2, 0.25) is 0 Å². The lowest BCUT2D eigenvalue weighted by Gasteiger charge is -2.17. The second-order valence-electron chi connectivity index (χ2n) is 8.73. The van der Waals surface area contributed by atoms with Crippen molar-refractivity contribution >= 4 is 21.5 Å². The van der Waals surface area contributed by atoms with Gasteiger partial charge >= 0.3 is 0 Å². The Morgan fingerprint density at radius 3 is 2.53 bits per heavy atom. The lowest BCUT2D eigenvalue weighted by atomic mass is 9.86. The smallest absolute Gasteiger partial charge is 0.0213 e. The summed E-state index contributed by atoms with van der Waals surface area (Å²) < 4.78 is 0. The zero-order valence-electron chi connectivity index (χ0n) is 17.5. The molecule has 0 radical (unpaired) electrons. The second kappa shape index (κ2) is 6.99. The highest BCUT2D eigenvalue weighted by Crippen LogP contribution is 2.48. The van der Waals surface area contributed by atoms with Gasteiger partial charge in [-0.3, -0.25) is 0 Å². The predicted octanol–water partition coefficient (Wildman–Crippen LogP) is 8.33. The van der Waals surface area contributed by atoms with Crippen molar-refractivity contribution in [2.75, 3.05) is 0 Å². The first-order chi connectivity index (χ1) is 14.8. The number of rotatable bonds is 4. The number of hydrogen-bond donors (Lipinski definition) is 0. The van der Waals surface area contributed by atoms with Crippen LogP contribution in [0.25, 0.3) is 32.7 Å². The lowest BCUT2D eigenvalue weighted by Crippen LogP contribution is -1.95. The minimum absolute atomic E-state index is 0.374. The molecule has 0 spiro atoms. The Labute approximate surface area is 178 Å². The molecule has 0 heteroatoms. The highest BCUT2D eigenvalue weighted by molar-refractivity contribution is 6.18. The molecular weight excluding hydrogens is 360 g/mol. The zero-order valence-corrected chi connectivity index (χ0v) is 17.5. The van der Waals surface area contributed by atoms with Crippen LogP contribution in [0.15, 0.2) is 90.5 Å². The van der Waals surface area contributed by atoms with E-state index in [4.69, 9.17) is 0 Å². The normalized spacial score (nSPS) is 16.8. The van der Waals surface area contributed by atoms with Gasteiger partial charge in [-0.1, -0.05) is 104 Å². The third kappa shape index (κ3) is 2.60. The molecule has 0 aromatic heterocycles. The molecular formula is C30H26. The minimum Gasteiger partial charge on any atom is -0.0729 e. The molecule has 1 unspecified atom stereocenters. The van der Waals surface area contributed by atoms with Crippen molar-refractivity contribution in [3.8, 4) is 11.1 Å². The van der Waals surface area contributed by atoms with Gasteiger partial charge in [0.1, 0.15) is 0 Å². The molecule has 0 amide bonds. The molecule has 0 heterocycles. The lowest BCUT2D eigenvalue weighted by molar-refractivity contribution is 0.797. The van der Waals surface area contributed by atoms with E-state index in [0.29, 0.717) is 5.92 Å². The van der Waals surface area contributed by atoms with E-state index in [0.717, 1.165) is 6.42 Å². The summed E-state index contributed by atoms with van der Waals surface area (Å²) in [4.78, 5) is 0. The third-order valence-electron chi connectivity index (χ3n) is 6.93. The van der Waals surface area contributed by atoms with E-state index in [1.54, 1.807) is 0 Å². The molecule has 0 fully saturated rings. The summed E-state index contributed by atoms with van der Waals surface area (Å²) >= 11 is 0. The molecule has 2 aliphatic rings. The van der Waals surface area contributed by atoms with Gasteiger partial charge in [0.05, 0.1) is 0 Å². The number of fused-ring (bicyclic) bond motifs is 8. The minimum atomic E-state index is 0.374. The molecule has 0 nitrogen and oxygen atoms in total. The first-order valence-electron chi connectivity index (χ1n) is 11.3. The maximum Gasteiger partial charge on any atom is 0.0213 e. The van der Waals surface area contributed by atoms with E-state index in [1.807, 2.05) is 0 Å². The van der Waals surface area contributed by atoms with Crippen LogP contribution in [0, 0.1) is 0 Å². The largest absolute Gasteiger partial charge is 0.0729 e. The molecule has 0 aliphatic heterocycles. The van der Waals surface area contributed by atoms with Crippen molar-refractivity contribution in [2.24, 2.45) is 0 Å². The molecule has 0 N–H and O–H groups in total. The Kier molecular flexibility index (Phi) is 4.13. The quantitative estimate of drug-likeness (QED) is 0.272. The maximum absolute atomic E-state index is 2.49. The summed E-state index contributed by atoms with van der Waals surface area (Å²) in [7, 11) is 0. The van der Waals surface area contributed by atoms with Gasteiger partial charge in [0.15, 0.2) is 0 Å². The molecule has 2 aliphatic carbocycles. The summed E-state index contributed by atoms with van der Waals surface area (Å²) in [5, 5.41) is 5.67. The van der Waals surface area contributed by atoms with Crippen molar-refractivity contribution in [1.29, 1.82) is 0 Å². The van der Waals surface area contributed by atoms with Crippen LogP contribution in [0.4, 0.5) is 0 Å². The van der Waals surface area contributed by atoms with Crippen molar-refractivity contribution in [2.45, 2.75) is 38.5 Å². The number of benzene rings is 4. The Morgan fingerprint density at radius 1 is 0.833 bits per heavy atom. The van der Waals surface area contributed by atoms with Crippen LogP contribution in [0.2, 0.25) is 0 Å².